The number of fused-ring (bicyclic) bond motifs is 1. The maximum Gasteiger partial charge on any atom is 0.157 e. The summed E-state index contributed by atoms with van der Waals surface area (Å²) in [5, 5.41) is 7.73. The number of rotatable bonds is 11. The van der Waals surface area contributed by atoms with E-state index >= 15 is 0 Å². The molecule has 0 unspecified atom stereocenters. The zero-order chi connectivity index (χ0) is 24.3. The third-order valence-corrected chi connectivity index (χ3v) is 5.87. The Kier molecular flexibility index (Phi) is 9.24. The Hall–Kier alpha value is -3.63. The standard InChI is InChI=1S/C22H25N9S.C2H6/c1-3-15-16(4-2)30-18(29-15)7-10-24-11-8-19-31-20-21(27-13-28-22(20)32-19)26-12-17-14(23)6-5-9-25-17;1-2/h3-6,9,13,24H,1-2,7-8,10-12,23H2,(H,29,30)(H,26,27,28);1-2H3. The van der Waals surface area contributed by atoms with Crippen molar-refractivity contribution >= 4 is 45.3 Å². The number of nitrogen functional groups attached to an aromatic ring is 1. The second-order valence-corrected chi connectivity index (χ2v) is 8.08. The molecule has 178 valence electrons. The number of pyridine rings is 1. The number of H-pyrrole nitrogens is 1. The van der Waals surface area contributed by atoms with E-state index in [0.717, 1.165) is 64.2 Å². The van der Waals surface area contributed by atoms with E-state index < -0.39 is 0 Å². The quantitative estimate of drug-likeness (QED) is 0.238. The number of nitrogens with one attached hydrogen (secondary N) is 3. The molecule has 0 spiro atoms. The number of aromatic nitrogens is 6. The van der Waals surface area contributed by atoms with E-state index in [9.17, 15) is 0 Å². The molecule has 10 heteroatoms. The van der Waals surface area contributed by atoms with Crippen molar-refractivity contribution in [1.29, 1.82) is 0 Å². The van der Waals surface area contributed by atoms with Gasteiger partial charge in [0.2, 0.25) is 0 Å². The molecule has 0 saturated heterocycles. The fourth-order valence-corrected chi connectivity index (χ4v) is 4.11. The monoisotopic (exact) mass is 477 g/mol. The van der Waals surface area contributed by atoms with E-state index in [4.69, 9.17) is 10.7 Å². The molecule has 4 heterocycles. The highest BCUT2D eigenvalue weighted by Gasteiger charge is 2.11. The third kappa shape index (κ3) is 6.24. The second kappa shape index (κ2) is 12.6. The summed E-state index contributed by atoms with van der Waals surface area (Å²) in [6.07, 6.45) is 8.36. The molecule has 4 aromatic rings. The predicted octanol–water partition coefficient (Wildman–Crippen LogP) is 4.09. The van der Waals surface area contributed by atoms with Crippen LogP contribution < -0.4 is 16.4 Å². The van der Waals surface area contributed by atoms with Crippen LogP contribution in [0.25, 0.3) is 22.5 Å². The molecule has 9 nitrogen and oxygen atoms in total. The topological polar surface area (TPSA) is 130 Å². The SMILES string of the molecule is C=Cc1nc(CCNCCc2nc3c(NCc4ncccc4N)ncnc3s2)[nH]c1C=C.CC. The molecule has 0 aliphatic rings. The number of thiazole rings is 1. The number of hydrogen-bond acceptors (Lipinski definition) is 9. The van der Waals surface area contributed by atoms with Crippen LogP contribution in [0.15, 0.2) is 37.8 Å². The van der Waals surface area contributed by atoms with E-state index in [-0.39, 0.29) is 0 Å². The van der Waals surface area contributed by atoms with Crippen LogP contribution in [0.1, 0.15) is 41.8 Å². The summed E-state index contributed by atoms with van der Waals surface area (Å²) in [6, 6.07) is 3.64. The first-order valence-electron chi connectivity index (χ1n) is 11.3. The Labute approximate surface area is 203 Å². The summed E-state index contributed by atoms with van der Waals surface area (Å²) in [6.45, 7) is 13.7. The van der Waals surface area contributed by atoms with Crippen molar-refractivity contribution in [3.63, 3.8) is 0 Å². The van der Waals surface area contributed by atoms with Gasteiger partial charge in [-0.1, -0.05) is 38.3 Å². The number of hydrogen-bond donors (Lipinski definition) is 4. The molecule has 0 saturated carbocycles. The molecule has 0 aromatic carbocycles. The molecule has 0 bridgehead atoms. The van der Waals surface area contributed by atoms with Crippen molar-refractivity contribution < 1.29 is 0 Å². The average molecular weight is 478 g/mol. The van der Waals surface area contributed by atoms with Gasteiger partial charge in [0.05, 0.1) is 34.3 Å². The molecule has 0 amide bonds. The van der Waals surface area contributed by atoms with Gasteiger partial charge in [-0.05, 0) is 24.3 Å². The Balaban J connectivity index is 0.00000158. The lowest BCUT2D eigenvalue weighted by atomic mass is 10.3. The molecular formula is C24H31N9S. The molecule has 0 radical (unpaired) electrons. The van der Waals surface area contributed by atoms with Crippen LogP contribution in [0.2, 0.25) is 0 Å². The molecule has 4 rings (SSSR count). The minimum Gasteiger partial charge on any atom is -0.397 e. The van der Waals surface area contributed by atoms with Gasteiger partial charge >= 0.3 is 0 Å². The molecule has 0 fully saturated rings. The normalized spacial score (nSPS) is 10.5. The summed E-state index contributed by atoms with van der Waals surface area (Å²) < 4.78 is 0. The van der Waals surface area contributed by atoms with Crippen molar-refractivity contribution in [2.75, 3.05) is 24.1 Å². The van der Waals surface area contributed by atoms with Crippen LogP contribution in [0.3, 0.4) is 0 Å². The molecule has 0 aliphatic heterocycles. The fourth-order valence-electron chi connectivity index (χ4n) is 3.21. The molecule has 34 heavy (non-hydrogen) atoms. The van der Waals surface area contributed by atoms with E-state index in [2.05, 4.69) is 48.7 Å². The first kappa shape index (κ1) is 25.0. The molecule has 0 aliphatic carbocycles. The van der Waals surface area contributed by atoms with Crippen LogP contribution in [0.4, 0.5) is 11.5 Å². The minimum absolute atomic E-state index is 0.473. The molecule has 5 N–H and O–H groups in total. The molecular weight excluding hydrogens is 446 g/mol. The predicted molar refractivity (Wildman–Crippen MR) is 142 cm³/mol. The summed E-state index contributed by atoms with van der Waals surface area (Å²) >= 11 is 1.58. The highest BCUT2D eigenvalue weighted by atomic mass is 32.1. The maximum atomic E-state index is 5.97. The van der Waals surface area contributed by atoms with E-state index in [0.29, 0.717) is 18.1 Å². The van der Waals surface area contributed by atoms with Gasteiger partial charge in [0, 0.05) is 32.1 Å². The fraction of sp³-hybridized carbons (Fsp3) is 0.292. The minimum atomic E-state index is 0.473. The van der Waals surface area contributed by atoms with Crippen molar-refractivity contribution in [3.05, 3.63) is 65.7 Å². The summed E-state index contributed by atoms with van der Waals surface area (Å²) in [5.41, 5.74) is 9.90. The number of imidazole rings is 1. The number of aromatic amines is 1. The van der Waals surface area contributed by atoms with Crippen LogP contribution in [-0.4, -0.2) is 43.0 Å². The van der Waals surface area contributed by atoms with Gasteiger partial charge in [0.25, 0.3) is 0 Å². The molecule has 4 aromatic heterocycles. The van der Waals surface area contributed by atoms with Crippen LogP contribution in [-0.2, 0) is 19.4 Å². The number of anilines is 2. The Morgan fingerprint density at radius 2 is 1.91 bits per heavy atom. The lowest BCUT2D eigenvalue weighted by molar-refractivity contribution is 0.669. The largest absolute Gasteiger partial charge is 0.397 e. The van der Waals surface area contributed by atoms with Crippen LogP contribution in [0, 0.1) is 0 Å². The average Bonchev–Trinajstić information content (AvgIpc) is 3.48. The van der Waals surface area contributed by atoms with Gasteiger partial charge in [-0.3, -0.25) is 4.98 Å². The third-order valence-electron chi connectivity index (χ3n) is 4.85. The second-order valence-electron chi connectivity index (χ2n) is 7.02. The first-order valence-corrected chi connectivity index (χ1v) is 12.1. The Bertz CT molecular complexity index is 1200. The van der Waals surface area contributed by atoms with Gasteiger partial charge in [0.1, 0.15) is 22.5 Å². The van der Waals surface area contributed by atoms with E-state index in [1.807, 2.05) is 26.0 Å². The summed E-state index contributed by atoms with van der Waals surface area (Å²) in [7, 11) is 0. The van der Waals surface area contributed by atoms with Crippen molar-refractivity contribution in [1.82, 2.24) is 35.2 Å². The zero-order valence-corrected chi connectivity index (χ0v) is 20.5. The zero-order valence-electron chi connectivity index (χ0n) is 19.6. The van der Waals surface area contributed by atoms with Gasteiger partial charge in [0.15, 0.2) is 5.82 Å². The van der Waals surface area contributed by atoms with Crippen LogP contribution >= 0.6 is 11.3 Å². The summed E-state index contributed by atoms with van der Waals surface area (Å²) in [5.74, 6) is 1.60. The van der Waals surface area contributed by atoms with E-state index in [1.165, 1.54) is 0 Å². The maximum absolute atomic E-state index is 5.97. The van der Waals surface area contributed by atoms with Crippen molar-refractivity contribution in [2.24, 2.45) is 0 Å². The number of nitrogens with zero attached hydrogens (tertiary/aromatic N) is 5. The van der Waals surface area contributed by atoms with Crippen molar-refractivity contribution in [2.45, 2.75) is 33.2 Å². The van der Waals surface area contributed by atoms with Gasteiger partial charge in [-0.15, -0.1) is 0 Å². The molecule has 0 atom stereocenters. The highest BCUT2D eigenvalue weighted by Crippen LogP contribution is 2.25. The number of nitrogens with two attached hydrogens (primary N) is 1. The Morgan fingerprint density at radius 3 is 2.65 bits per heavy atom. The Morgan fingerprint density at radius 1 is 1.09 bits per heavy atom. The first-order chi connectivity index (χ1) is 16.7. The highest BCUT2D eigenvalue weighted by molar-refractivity contribution is 7.18. The van der Waals surface area contributed by atoms with Gasteiger partial charge in [-0.25, -0.2) is 19.9 Å². The van der Waals surface area contributed by atoms with Crippen LogP contribution in [0.5, 0.6) is 0 Å². The van der Waals surface area contributed by atoms with Gasteiger partial charge < -0.3 is 21.4 Å². The van der Waals surface area contributed by atoms with Crippen molar-refractivity contribution in [3.8, 4) is 0 Å². The summed E-state index contributed by atoms with van der Waals surface area (Å²) in [4.78, 5) is 26.4. The van der Waals surface area contributed by atoms with E-state index in [1.54, 1.807) is 36.0 Å². The lowest BCUT2D eigenvalue weighted by Crippen LogP contribution is -2.20. The lowest BCUT2D eigenvalue weighted by Gasteiger charge is -2.07. The smallest absolute Gasteiger partial charge is 0.157 e. The van der Waals surface area contributed by atoms with Gasteiger partial charge in [-0.2, -0.15) is 0 Å².